The average Bonchev–Trinajstić information content (AvgIpc) is 2.61. The van der Waals surface area contributed by atoms with E-state index in [0.29, 0.717) is 12.5 Å². The predicted octanol–water partition coefficient (Wildman–Crippen LogP) is 2.46. The number of pyridine rings is 1. The summed E-state index contributed by atoms with van der Waals surface area (Å²) in [5.41, 5.74) is 12.1. The van der Waals surface area contributed by atoms with Crippen molar-refractivity contribution in [1.82, 2.24) is 4.98 Å². The number of rotatable bonds is 1. The fourth-order valence-corrected chi connectivity index (χ4v) is 2.53. The van der Waals surface area contributed by atoms with Gasteiger partial charge in [-0.15, -0.1) is 0 Å². The van der Waals surface area contributed by atoms with Crippen LogP contribution in [0.1, 0.15) is 22.6 Å². The number of nitrogens with two attached hydrogens (primary N) is 1. The summed E-state index contributed by atoms with van der Waals surface area (Å²) in [5, 5.41) is 0. The second kappa shape index (κ2) is 3.42. The molecule has 1 aliphatic rings. The smallest absolute Gasteiger partial charge is 0.0743 e. The van der Waals surface area contributed by atoms with Gasteiger partial charge in [0.25, 0.3) is 0 Å². The summed E-state index contributed by atoms with van der Waals surface area (Å²) in [4.78, 5) is 4.47. The Kier molecular flexibility index (Phi) is 2.04. The van der Waals surface area contributed by atoms with Crippen molar-refractivity contribution in [2.45, 2.75) is 12.8 Å². The summed E-state index contributed by atoms with van der Waals surface area (Å²) < 4.78 is 0. The van der Waals surface area contributed by atoms with Crippen molar-refractivity contribution in [2.75, 3.05) is 6.54 Å². The van der Waals surface area contributed by atoms with Crippen LogP contribution in [-0.2, 0) is 0 Å². The van der Waals surface area contributed by atoms with Crippen LogP contribution < -0.4 is 5.73 Å². The molecule has 80 valence electrons. The van der Waals surface area contributed by atoms with Gasteiger partial charge >= 0.3 is 0 Å². The van der Waals surface area contributed by atoms with E-state index in [4.69, 9.17) is 5.73 Å². The highest BCUT2D eigenvalue weighted by atomic mass is 14.7. The molecule has 1 heterocycles. The Bertz CT molecular complexity index is 546. The maximum Gasteiger partial charge on any atom is 0.0743 e. The molecule has 0 radical (unpaired) electrons. The van der Waals surface area contributed by atoms with Gasteiger partial charge < -0.3 is 5.73 Å². The highest BCUT2D eigenvalue weighted by Crippen LogP contribution is 2.42. The summed E-state index contributed by atoms with van der Waals surface area (Å²) in [6.07, 6.45) is 1.85. The normalized spacial score (nSPS) is 17.0. The number of benzene rings is 1. The highest BCUT2D eigenvalue weighted by molar-refractivity contribution is 5.76. The number of aryl methyl sites for hydroxylation is 1. The standard InChI is InChI=1S/C14H14N2/c1-9-4-5-11-12(7-9)13(8-15)10-3-2-6-16-14(10)11/h2-7,13H,8,15H2,1H3. The minimum absolute atomic E-state index is 0.318. The highest BCUT2D eigenvalue weighted by Gasteiger charge is 2.28. The van der Waals surface area contributed by atoms with Gasteiger partial charge in [0.05, 0.1) is 5.69 Å². The molecule has 0 fully saturated rings. The molecule has 0 aliphatic heterocycles. The number of fused-ring (bicyclic) bond motifs is 3. The molecule has 1 aromatic heterocycles. The quantitative estimate of drug-likeness (QED) is 0.785. The minimum Gasteiger partial charge on any atom is -0.330 e. The van der Waals surface area contributed by atoms with E-state index in [-0.39, 0.29) is 0 Å². The van der Waals surface area contributed by atoms with E-state index < -0.39 is 0 Å². The first kappa shape index (κ1) is 9.55. The van der Waals surface area contributed by atoms with Gasteiger partial charge in [0.1, 0.15) is 0 Å². The van der Waals surface area contributed by atoms with Gasteiger partial charge in [-0.25, -0.2) is 0 Å². The molecule has 1 aromatic carbocycles. The van der Waals surface area contributed by atoms with Crippen LogP contribution in [0.2, 0.25) is 0 Å². The van der Waals surface area contributed by atoms with E-state index in [0.717, 1.165) is 5.69 Å². The zero-order valence-electron chi connectivity index (χ0n) is 9.27. The first-order valence-corrected chi connectivity index (χ1v) is 5.57. The average molecular weight is 210 g/mol. The summed E-state index contributed by atoms with van der Waals surface area (Å²) in [7, 11) is 0. The summed E-state index contributed by atoms with van der Waals surface area (Å²) in [5.74, 6) is 0.318. The molecule has 1 unspecified atom stereocenters. The van der Waals surface area contributed by atoms with Gasteiger partial charge in [-0.1, -0.05) is 29.8 Å². The Balaban J connectivity index is 2.29. The van der Waals surface area contributed by atoms with Crippen LogP contribution in [0.25, 0.3) is 11.3 Å². The van der Waals surface area contributed by atoms with Crippen LogP contribution in [0, 0.1) is 6.92 Å². The van der Waals surface area contributed by atoms with Crippen molar-refractivity contribution in [3.63, 3.8) is 0 Å². The third-order valence-electron chi connectivity index (χ3n) is 3.29. The van der Waals surface area contributed by atoms with Crippen molar-refractivity contribution < 1.29 is 0 Å². The van der Waals surface area contributed by atoms with Crippen LogP contribution in [0.15, 0.2) is 36.5 Å². The Hall–Kier alpha value is -1.67. The SMILES string of the molecule is Cc1ccc2c(c1)C(CN)c1cccnc1-2. The third-order valence-corrected chi connectivity index (χ3v) is 3.29. The monoisotopic (exact) mass is 210 g/mol. The van der Waals surface area contributed by atoms with E-state index in [2.05, 4.69) is 36.2 Å². The van der Waals surface area contributed by atoms with Crippen molar-refractivity contribution in [2.24, 2.45) is 5.73 Å². The predicted molar refractivity (Wildman–Crippen MR) is 65.3 cm³/mol. The fraction of sp³-hybridized carbons (Fsp3) is 0.214. The van der Waals surface area contributed by atoms with Gasteiger partial charge in [-0.2, -0.15) is 0 Å². The Morgan fingerprint density at radius 3 is 2.94 bits per heavy atom. The third kappa shape index (κ3) is 1.20. The molecule has 0 amide bonds. The largest absolute Gasteiger partial charge is 0.330 e. The first-order valence-electron chi connectivity index (χ1n) is 5.57. The van der Waals surface area contributed by atoms with E-state index in [1.165, 1.54) is 22.3 Å². The second-order valence-electron chi connectivity index (χ2n) is 4.32. The summed E-state index contributed by atoms with van der Waals surface area (Å²) >= 11 is 0. The fourth-order valence-electron chi connectivity index (χ4n) is 2.53. The van der Waals surface area contributed by atoms with Crippen molar-refractivity contribution in [3.8, 4) is 11.3 Å². The van der Waals surface area contributed by atoms with Gasteiger partial charge in [0.15, 0.2) is 0 Å². The minimum atomic E-state index is 0.318. The molecular formula is C14H14N2. The molecule has 0 bridgehead atoms. The second-order valence-corrected chi connectivity index (χ2v) is 4.32. The van der Waals surface area contributed by atoms with Crippen LogP contribution >= 0.6 is 0 Å². The number of nitrogens with zero attached hydrogens (tertiary/aromatic N) is 1. The first-order chi connectivity index (χ1) is 7.81. The van der Waals surface area contributed by atoms with Crippen LogP contribution in [0.3, 0.4) is 0 Å². The van der Waals surface area contributed by atoms with Gasteiger partial charge in [0, 0.05) is 24.2 Å². The molecule has 2 N–H and O–H groups in total. The molecule has 0 saturated carbocycles. The molecular weight excluding hydrogens is 196 g/mol. The Morgan fingerprint density at radius 1 is 1.25 bits per heavy atom. The maximum atomic E-state index is 5.89. The molecule has 1 atom stereocenters. The van der Waals surface area contributed by atoms with Crippen molar-refractivity contribution >= 4 is 0 Å². The summed E-state index contributed by atoms with van der Waals surface area (Å²) in [6, 6.07) is 10.6. The molecule has 2 aromatic rings. The molecule has 1 aliphatic carbocycles. The van der Waals surface area contributed by atoms with Crippen molar-refractivity contribution in [3.05, 3.63) is 53.2 Å². The molecule has 0 spiro atoms. The van der Waals surface area contributed by atoms with Crippen LogP contribution in [0.4, 0.5) is 0 Å². The lowest BCUT2D eigenvalue weighted by Gasteiger charge is -2.10. The maximum absolute atomic E-state index is 5.89. The summed E-state index contributed by atoms with van der Waals surface area (Å²) in [6.45, 7) is 2.76. The topological polar surface area (TPSA) is 38.9 Å². The lowest BCUT2D eigenvalue weighted by Crippen LogP contribution is -2.11. The lowest BCUT2D eigenvalue weighted by molar-refractivity contribution is 0.838. The molecule has 2 nitrogen and oxygen atoms in total. The van der Waals surface area contributed by atoms with E-state index >= 15 is 0 Å². The van der Waals surface area contributed by atoms with Crippen LogP contribution in [-0.4, -0.2) is 11.5 Å². The van der Waals surface area contributed by atoms with E-state index in [1.54, 1.807) is 0 Å². The lowest BCUT2D eigenvalue weighted by atomic mass is 9.96. The van der Waals surface area contributed by atoms with Gasteiger partial charge in [-0.3, -0.25) is 4.98 Å². The number of aromatic nitrogens is 1. The zero-order chi connectivity index (χ0) is 11.1. The van der Waals surface area contributed by atoms with E-state index in [9.17, 15) is 0 Å². The Labute approximate surface area is 95.1 Å². The molecule has 2 heteroatoms. The number of hydrogen-bond donors (Lipinski definition) is 1. The van der Waals surface area contributed by atoms with Crippen molar-refractivity contribution in [1.29, 1.82) is 0 Å². The molecule has 16 heavy (non-hydrogen) atoms. The zero-order valence-corrected chi connectivity index (χ0v) is 9.27. The van der Waals surface area contributed by atoms with Gasteiger partial charge in [-0.05, 0) is 24.1 Å². The number of hydrogen-bond acceptors (Lipinski definition) is 2. The van der Waals surface area contributed by atoms with Crippen LogP contribution in [0.5, 0.6) is 0 Å². The molecule has 0 saturated heterocycles. The van der Waals surface area contributed by atoms with E-state index in [1.807, 2.05) is 12.3 Å². The Morgan fingerprint density at radius 2 is 2.12 bits per heavy atom. The molecule has 3 rings (SSSR count). The van der Waals surface area contributed by atoms with Gasteiger partial charge in [0.2, 0.25) is 0 Å².